The van der Waals surface area contributed by atoms with Gasteiger partial charge in [-0.2, -0.15) is 0 Å². The van der Waals surface area contributed by atoms with Crippen molar-refractivity contribution in [3.63, 3.8) is 0 Å². The smallest absolute Gasteiger partial charge is 0.271 e. The van der Waals surface area contributed by atoms with Gasteiger partial charge in [0, 0.05) is 24.2 Å². The van der Waals surface area contributed by atoms with Crippen molar-refractivity contribution in [2.45, 2.75) is 11.1 Å². The lowest BCUT2D eigenvalue weighted by Crippen LogP contribution is -2.11. The van der Waals surface area contributed by atoms with Gasteiger partial charge >= 0.3 is 0 Å². The molecule has 1 N–H and O–H groups in total. The Morgan fingerprint density at radius 1 is 1.12 bits per heavy atom. The van der Waals surface area contributed by atoms with E-state index in [0.29, 0.717) is 28.1 Å². The van der Waals surface area contributed by atoms with Crippen LogP contribution < -0.4 is 4.72 Å². The summed E-state index contributed by atoms with van der Waals surface area (Å²) in [6.45, 7) is 1.67. The quantitative estimate of drug-likeness (QED) is 0.556. The summed E-state index contributed by atoms with van der Waals surface area (Å²) >= 11 is 1.05. The van der Waals surface area contributed by atoms with Gasteiger partial charge in [0.1, 0.15) is 4.21 Å². The van der Waals surface area contributed by atoms with Crippen LogP contribution in [0.3, 0.4) is 0 Å². The first-order valence-electron chi connectivity index (χ1n) is 7.45. The molecule has 3 aromatic heterocycles. The summed E-state index contributed by atoms with van der Waals surface area (Å²) < 4.78 is 38.4. The highest BCUT2D eigenvalue weighted by molar-refractivity contribution is 7.94. The molecule has 26 heavy (non-hydrogen) atoms. The predicted octanol–water partition coefficient (Wildman–Crippen LogP) is 3.56. The van der Waals surface area contributed by atoms with Crippen LogP contribution in [0.4, 0.5) is 5.69 Å². The summed E-state index contributed by atoms with van der Waals surface area (Å²) in [5, 5.41) is 11.3. The first kappa shape index (κ1) is 16.5. The van der Waals surface area contributed by atoms with Gasteiger partial charge in [0.15, 0.2) is 5.76 Å². The van der Waals surface area contributed by atoms with E-state index in [4.69, 9.17) is 8.94 Å². The second kappa shape index (κ2) is 6.39. The normalized spacial score (nSPS) is 11.6. The molecule has 0 aliphatic carbocycles. The van der Waals surface area contributed by atoms with Gasteiger partial charge < -0.3 is 8.94 Å². The number of thiophene rings is 1. The lowest BCUT2D eigenvalue weighted by molar-refractivity contribution is 0.432. The molecule has 0 amide bonds. The first-order valence-corrected chi connectivity index (χ1v) is 9.75. The molecule has 4 rings (SSSR count). The van der Waals surface area contributed by atoms with Crippen molar-refractivity contribution < 1.29 is 17.4 Å². The summed E-state index contributed by atoms with van der Waals surface area (Å²) in [5.41, 5.74) is 1.14. The highest BCUT2D eigenvalue weighted by atomic mass is 32.2. The van der Waals surface area contributed by atoms with E-state index in [-0.39, 0.29) is 4.21 Å². The van der Waals surface area contributed by atoms with Crippen molar-refractivity contribution in [1.82, 2.24) is 15.4 Å². The number of hydrogen-bond donors (Lipinski definition) is 1. The molecule has 132 valence electrons. The largest absolute Gasteiger partial charge is 0.420 e. The zero-order valence-corrected chi connectivity index (χ0v) is 15.0. The summed E-state index contributed by atoms with van der Waals surface area (Å²) in [4.78, 5) is 0.585. The molecule has 8 nitrogen and oxygen atoms in total. The molecule has 0 radical (unpaired) electrons. The first-order chi connectivity index (χ1) is 12.5. The van der Waals surface area contributed by atoms with Crippen LogP contribution in [0.15, 0.2) is 61.8 Å². The van der Waals surface area contributed by atoms with Crippen molar-refractivity contribution in [2.24, 2.45) is 0 Å². The third-order valence-electron chi connectivity index (χ3n) is 3.42. The van der Waals surface area contributed by atoms with E-state index in [0.717, 1.165) is 16.9 Å². The fraction of sp³-hybridized carbons (Fsp3) is 0.0625. The minimum atomic E-state index is -3.75. The number of hydrogen-bond acceptors (Lipinski definition) is 8. The standard InChI is InChI=1S/C16H12N4O4S2/c1-10-18-19-16(23-10)14-5-6-15(25-14)26(21,22)20-12-4-2-3-11(9-12)13-7-8-17-24-13/h2-9,20H,1H3. The summed E-state index contributed by atoms with van der Waals surface area (Å²) in [6, 6.07) is 11.7. The molecule has 4 aromatic rings. The Hall–Kier alpha value is -2.98. The van der Waals surface area contributed by atoms with E-state index < -0.39 is 10.0 Å². The van der Waals surface area contributed by atoms with Gasteiger partial charge in [-0.1, -0.05) is 17.3 Å². The van der Waals surface area contributed by atoms with Crippen LogP contribution in [0.1, 0.15) is 5.89 Å². The lowest BCUT2D eigenvalue weighted by atomic mass is 10.1. The van der Waals surface area contributed by atoms with Crippen LogP contribution in [-0.4, -0.2) is 23.8 Å². The summed E-state index contributed by atoms with van der Waals surface area (Å²) in [5.74, 6) is 1.26. The monoisotopic (exact) mass is 388 g/mol. The van der Waals surface area contributed by atoms with Crippen LogP contribution in [0.2, 0.25) is 0 Å². The summed E-state index contributed by atoms with van der Waals surface area (Å²) in [7, 11) is -3.75. The van der Waals surface area contributed by atoms with Crippen LogP contribution in [0.5, 0.6) is 0 Å². The molecule has 0 saturated heterocycles. The molecule has 0 aliphatic rings. The molecule has 0 atom stereocenters. The van der Waals surface area contributed by atoms with Gasteiger partial charge in [0.25, 0.3) is 15.9 Å². The van der Waals surface area contributed by atoms with Crippen molar-refractivity contribution >= 4 is 27.0 Å². The van der Waals surface area contributed by atoms with Crippen LogP contribution in [0, 0.1) is 6.92 Å². The number of benzene rings is 1. The topological polar surface area (TPSA) is 111 Å². The number of rotatable bonds is 5. The van der Waals surface area contributed by atoms with Crippen LogP contribution in [0.25, 0.3) is 22.1 Å². The van der Waals surface area contributed by atoms with Crippen molar-refractivity contribution in [3.8, 4) is 22.1 Å². The fourth-order valence-corrected chi connectivity index (χ4v) is 4.56. The Labute approximate surface area is 152 Å². The molecular weight excluding hydrogens is 376 g/mol. The molecule has 0 spiro atoms. The number of sulfonamides is 1. The maximum Gasteiger partial charge on any atom is 0.271 e. The number of aryl methyl sites for hydroxylation is 1. The molecule has 0 bridgehead atoms. The molecular formula is C16H12N4O4S2. The average molecular weight is 388 g/mol. The van der Waals surface area contributed by atoms with E-state index in [9.17, 15) is 8.42 Å². The Morgan fingerprint density at radius 2 is 2.00 bits per heavy atom. The van der Waals surface area contributed by atoms with Crippen LogP contribution >= 0.6 is 11.3 Å². The molecule has 0 saturated carbocycles. The minimum absolute atomic E-state index is 0.147. The number of aromatic nitrogens is 3. The highest BCUT2D eigenvalue weighted by Gasteiger charge is 2.19. The molecule has 10 heteroatoms. The van der Waals surface area contributed by atoms with E-state index in [1.54, 1.807) is 43.3 Å². The maximum absolute atomic E-state index is 12.6. The second-order valence-corrected chi connectivity index (χ2v) is 8.30. The van der Waals surface area contributed by atoms with Gasteiger partial charge in [0.05, 0.1) is 11.1 Å². The molecule has 1 aromatic carbocycles. The third kappa shape index (κ3) is 3.24. The minimum Gasteiger partial charge on any atom is -0.420 e. The van der Waals surface area contributed by atoms with Gasteiger partial charge in [0.2, 0.25) is 5.89 Å². The Kier molecular flexibility index (Phi) is 4.05. The van der Waals surface area contributed by atoms with Crippen molar-refractivity contribution in [2.75, 3.05) is 4.72 Å². The van der Waals surface area contributed by atoms with Gasteiger partial charge in [-0.3, -0.25) is 4.72 Å². The molecule has 3 heterocycles. The molecule has 0 unspecified atom stereocenters. The zero-order valence-electron chi connectivity index (χ0n) is 13.4. The van der Waals surface area contributed by atoms with E-state index >= 15 is 0 Å². The Morgan fingerprint density at radius 3 is 2.73 bits per heavy atom. The third-order valence-corrected chi connectivity index (χ3v) is 6.37. The number of nitrogens with one attached hydrogen (secondary N) is 1. The van der Waals surface area contributed by atoms with Gasteiger partial charge in [-0.05, 0) is 24.3 Å². The Balaban J connectivity index is 1.60. The second-order valence-electron chi connectivity index (χ2n) is 5.31. The fourth-order valence-electron chi connectivity index (χ4n) is 2.28. The van der Waals surface area contributed by atoms with Gasteiger partial charge in [-0.15, -0.1) is 21.5 Å². The Bertz CT molecular complexity index is 1150. The average Bonchev–Trinajstić information content (AvgIpc) is 3.36. The highest BCUT2D eigenvalue weighted by Crippen LogP contribution is 2.31. The zero-order chi connectivity index (χ0) is 18.1. The SMILES string of the molecule is Cc1nnc(-c2ccc(S(=O)(=O)Nc3cccc(-c4ccno4)c3)s2)o1. The number of anilines is 1. The predicted molar refractivity (Wildman–Crippen MR) is 95.1 cm³/mol. The van der Waals surface area contributed by atoms with Crippen LogP contribution in [-0.2, 0) is 10.0 Å². The van der Waals surface area contributed by atoms with Gasteiger partial charge in [-0.25, -0.2) is 8.42 Å². The van der Waals surface area contributed by atoms with E-state index in [1.165, 1.54) is 12.3 Å². The lowest BCUT2D eigenvalue weighted by Gasteiger charge is -2.07. The van der Waals surface area contributed by atoms with Crippen molar-refractivity contribution in [3.05, 3.63) is 54.6 Å². The molecule has 0 fully saturated rings. The van der Waals surface area contributed by atoms with E-state index in [1.807, 2.05) is 0 Å². The number of nitrogens with zero attached hydrogens (tertiary/aromatic N) is 3. The summed E-state index contributed by atoms with van der Waals surface area (Å²) in [6.07, 6.45) is 1.53. The maximum atomic E-state index is 12.6. The molecule has 0 aliphatic heterocycles. The van der Waals surface area contributed by atoms with E-state index in [2.05, 4.69) is 20.1 Å². The van der Waals surface area contributed by atoms with Crippen molar-refractivity contribution in [1.29, 1.82) is 0 Å².